The van der Waals surface area contributed by atoms with Crippen LogP contribution in [-0.2, 0) is 6.42 Å². The third-order valence-electron chi connectivity index (χ3n) is 2.39. The van der Waals surface area contributed by atoms with Crippen LogP contribution in [0.25, 0.3) is 0 Å². The molecule has 0 aliphatic heterocycles. The van der Waals surface area contributed by atoms with E-state index in [-0.39, 0.29) is 0 Å². The molecule has 5 heteroatoms. The minimum Gasteiger partial charge on any atom is -0.336 e. The van der Waals surface area contributed by atoms with E-state index in [4.69, 9.17) is 5.73 Å². The summed E-state index contributed by atoms with van der Waals surface area (Å²) >= 11 is 0. The highest BCUT2D eigenvalue weighted by molar-refractivity contribution is 5.94. The Morgan fingerprint density at radius 2 is 1.94 bits per heavy atom. The van der Waals surface area contributed by atoms with Gasteiger partial charge in [0.15, 0.2) is 0 Å². The number of hydrogen-bond acceptors (Lipinski definition) is 2. The molecule has 2 N–H and O–H groups in total. The summed E-state index contributed by atoms with van der Waals surface area (Å²) in [4.78, 5) is 12.7. The van der Waals surface area contributed by atoms with Gasteiger partial charge in [-0.3, -0.25) is 4.79 Å². The maximum absolute atomic E-state index is 12.1. The van der Waals surface area contributed by atoms with Crippen molar-refractivity contribution in [2.75, 3.05) is 20.1 Å². The number of nitrogens with zero attached hydrogens (tertiary/aromatic N) is 1. The van der Waals surface area contributed by atoms with Crippen LogP contribution in [0.2, 0.25) is 0 Å². The standard InChI is InChI=1S/C12H16F2N2O/c1-16(8-11(13)14)12(17)10-4-2-9(3-5-10)6-7-15/h2-5,11H,6-8,15H2,1H3. The number of nitrogens with two attached hydrogens (primary N) is 1. The van der Waals surface area contributed by atoms with Crippen molar-refractivity contribution in [1.82, 2.24) is 4.90 Å². The number of halogens is 2. The van der Waals surface area contributed by atoms with Gasteiger partial charge in [-0.15, -0.1) is 0 Å². The highest BCUT2D eigenvalue weighted by Crippen LogP contribution is 2.08. The molecular weight excluding hydrogens is 226 g/mol. The Hall–Kier alpha value is -1.49. The van der Waals surface area contributed by atoms with Crippen molar-refractivity contribution in [1.29, 1.82) is 0 Å². The molecule has 0 saturated carbocycles. The molecule has 1 aromatic rings. The molecule has 1 amide bonds. The fourth-order valence-electron chi connectivity index (χ4n) is 1.49. The van der Waals surface area contributed by atoms with E-state index in [1.165, 1.54) is 7.05 Å². The van der Waals surface area contributed by atoms with Crippen LogP contribution in [0.4, 0.5) is 8.78 Å². The summed E-state index contributed by atoms with van der Waals surface area (Å²) in [6.45, 7) is -0.0119. The van der Waals surface area contributed by atoms with Crippen molar-refractivity contribution < 1.29 is 13.6 Å². The third-order valence-corrected chi connectivity index (χ3v) is 2.39. The quantitative estimate of drug-likeness (QED) is 0.851. The van der Waals surface area contributed by atoms with Gasteiger partial charge in [0.2, 0.25) is 0 Å². The van der Waals surface area contributed by atoms with Gasteiger partial charge >= 0.3 is 0 Å². The largest absolute Gasteiger partial charge is 0.336 e. The molecular formula is C12H16F2N2O. The molecule has 0 aliphatic rings. The van der Waals surface area contributed by atoms with Crippen LogP contribution >= 0.6 is 0 Å². The lowest BCUT2D eigenvalue weighted by Crippen LogP contribution is -2.31. The fourth-order valence-corrected chi connectivity index (χ4v) is 1.49. The SMILES string of the molecule is CN(CC(F)F)C(=O)c1ccc(CCN)cc1. The number of alkyl halides is 2. The topological polar surface area (TPSA) is 46.3 Å². The first-order valence-corrected chi connectivity index (χ1v) is 5.37. The lowest BCUT2D eigenvalue weighted by Gasteiger charge is -2.16. The van der Waals surface area contributed by atoms with E-state index in [2.05, 4.69) is 0 Å². The molecule has 1 rings (SSSR count). The zero-order valence-corrected chi connectivity index (χ0v) is 9.70. The molecule has 0 radical (unpaired) electrons. The monoisotopic (exact) mass is 242 g/mol. The van der Waals surface area contributed by atoms with Crippen molar-refractivity contribution in [3.63, 3.8) is 0 Å². The van der Waals surface area contributed by atoms with Crippen molar-refractivity contribution >= 4 is 5.91 Å². The Bertz CT molecular complexity index is 365. The Morgan fingerprint density at radius 1 is 1.35 bits per heavy atom. The Balaban J connectivity index is 2.69. The predicted octanol–water partition coefficient (Wildman–Crippen LogP) is 1.52. The van der Waals surface area contributed by atoms with E-state index in [0.717, 1.165) is 16.9 Å². The highest BCUT2D eigenvalue weighted by atomic mass is 19.3. The maximum Gasteiger partial charge on any atom is 0.255 e. The number of carbonyl (C=O) groups excluding carboxylic acids is 1. The summed E-state index contributed by atoms with van der Waals surface area (Å²) in [5, 5.41) is 0. The molecule has 0 unspecified atom stereocenters. The number of carbonyl (C=O) groups is 1. The van der Waals surface area contributed by atoms with Crippen molar-refractivity contribution in [3.8, 4) is 0 Å². The number of benzene rings is 1. The van der Waals surface area contributed by atoms with Crippen molar-refractivity contribution in [2.24, 2.45) is 5.73 Å². The molecule has 3 nitrogen and oxygen atoms in total. The van der Waals surface area contributed by atoms with E-state index < -0.39 is 18.9 Å². The fraction of sp³-hybridized carbons (Fsp3) is 0.417. The smallest absolute Gasteiger partial charge is 0.255 e. The van der Waals surface area contributed by atoms with E-state index >= 15 is 0 Å². The summed E-state index contributed by atoms with van der Waals surface area (Å²) in [6.07, 6.45) is -1.78. The van der Waals surface area contributed by atoms with E-state index in [0.29, 0.717) is 12.1 Å². The molecule has 0 atom stereocenters. The minimum atomic E-state index is -2.51. The van der Waals surface area contributed by atoms with Crippen LogP contribution in [0, 0.1) is 0 Å². The first-order chi connectivity index (χ1) is 8.04. The average molecular weight is 242 g/mol. The van der Waals surface area contributed by atoms with Crippen molar-refractivity contribution in [3.05, 3.63) is 35.4 Å². The molecule has 0 saturated heterocycles. The van der Waals surface area contributed by atoms with Crippen LogP contribution in [0.15, 0.2) is 24.3 Å². The Labute approximate surface area is 99.2 Å². The zero-order valence-electron chi connectivity index (χ0n) is 9.70. The molecule has 0 bridgehead atoms. The molecule has 17 heavy (non-hydrogen) atoms. The maximum atomic E-state index is 12.1. The van der Waals surface area contributed by atoms with Gasteiger partial charge in [-0.25, -0.2) is 8.78 Å². The third kappa shape index (κ3) is 4.11. The van der Waals surface area contributed by atoms with Crippen LogP contribution in [0.5, 0.6) is 0 Å². The van der Waals surface area contributed by atoms with Gasteiger partial charge < -0.3 is 10.6 Å². The van der Waals surface area contributed by atoms with Crippen LogP contribution in [0.1, 0.15) is 15.9 Å². The number of hydrogen-bond donors (Lipinski definition) is 1. The summed E-state index contributed by atoms with van der Waals surface area (Å²) in [6, 6.07) is 6.84. The first kappa shape index (κ1) is 13.6. The van der Waals surface area contributed by atoms with Gasteiger partial charge in [0.05, 0.1) is 6.54 Å². The zero-order chi connectivity index (χ0) is 12.8. The number of amides is 1. The molecule has 0 heterocycles. The number of rotatable bonds is 5. The average Bonchev–Trinajstić information content (AvgIpc) is 2.28. The van der Waals surface area contributed by atoms with E-state index in [1.807, 2.05) is 0 Å². The second kappa shape index (κ2) is 6.30. The molecule has 0 aromatic heterocycles. The van der Waals surface area contributed by atoms with Gasteiger partial charge in [0.25, 0.3) is 12.3 Å². The molecule has 1 aromatic carbocycles. The van der Waals surface area contributed by atoms with Crippen LogP contribution in [0.3, 0.4) is 0 Å². The van der Waals surface area contributed by atoms with Crippen LogP contribution in [-0.4, -0.2) is 37.4 Å². The highest BCUT2D eigenvalue weighted by Gasteiger charge is 2.15. The van der Waals surface area contributed by atoms with Crippen molar-refractivity contribution in [2.45, 2.75) is 12.8 Å². The second-order valence-electron chi connectivity index (χ2n) is 3.81. The van der Waals surface area contributed by atoms with Gasteiger partial charge in [-0.2, -0.15) is 0 Å². The van der Waals surface area contributed by atoms with E-state index in [1.54, 1.807) is 24.3 Å². The summed E-state index contributed by atoms with van der Waals surface area (Å²) in [5.74, 6) is -0.399. The Kier molecular flexibility index (Phi) is 5.03. The lowest BCUT2D eigenvalue weighted by atomic mass is 10.1. The predicted molar refractivity (Wildman–Crippen MR) is 62.2 cm³/mol. The molecule has 0 aliphatic carbocycles. The minimum absolute atomic E-state index is 0.399. The van der Waals surface area contributed by atoms with Gasteiger partial charge in [-0.05, 0) is 30.7 Å². The molecule has 0 spiro atoms. The Morgan fingerprint density at radius 3 is 2.41 bits per heavy atom. The summed E-state index contributed by atoms with van der Waals surface area (Å²) < 4.78 is 24.2. The normalized spacial score (nSPS) is 10.6. The van der Waals surface area contributed by atoms with Crippen LogP contribution < -0.4 is 5.73 Å². The summed E-state index contributed by atoms with van der Waals surface area (Å²) in [5.41, 5.74) is 6.84. The summed E-state index contributed by atoms with van der Waals surface area (Å²) in [7, 11) is 1.36. The van der Waals surface area contributed by atoms with Gasteiger partial charge in [0, 0.05) is 12.6 Å². The van der Waals surface area contributed by atoms with Gasteiger partial charge in [-0.1, -0.05) is 12.1 Å². The second-order valence-corrected chi connectivity index (χ2v) is 3.81. The molecule has 0 fully saturated rings. The van der Waals surface area contributed by atoms with E-state index in [9.17, 15) is 13.6 Å². The molecule has 94 valence electrons. The lowest BCUT2D eigenvalue weighted by molar-refractivity contribution is 0.0620. The first-order valence-electron chi connectivity index (χ1n) is 5.37. The van der Waals surface area contributed by atoms with Gasteiger partial charge in [0.1, 0.15) is 0 Å².